The number of nitrogens with one attached hydrogen (secondary N) is 1. The molecule has 1 aliphatic rings. The lowest BCUT2D eigenvalue weighted by atomic mass is 10.0. The maximum atomic E-state index is 13.5. The molecule has 0 saturated heterocycles. The van der Waals surface area contributed by atoms with E-state index in [0.29, 0.717) is 28.9 Å². The molecule has 0 radical (unpaired) electrons. The van der Waals surface area contributed by atoms with Crippen molar-refractivity contribution in [2.45, 2.75) is 52.1 Å². The van der Waals surface area contributed by atoms with Gasteiger partial charge < -0.3 is 20.0 Å². The van der Waals surface area contributed by atoms with Gasteiger partial charge in [0, 0.05) is 30.5 Å². The Labute approximate surface area is 185 Å². The Morgan fingerprint density at radius 1 is 1.25 bits per heavy atom. The average molecular weight is 431 g/mol. The van der Waals surface area contributed by atoms with Gasteiger partial charge >= 0.3 is 0 Å². The first-order valence-electron chi connectivity index (χ1n) is 10.9. The Balaban J connectivity index is 1.64. The van der Waals surface area contributed by atoms with Gasteiger partial charge in [-0.25, -0.2) is 4.98 Å². The van der Waals surface area contributed by atoms with Crippen LogP contribution >= 0.6 is 0 Å². The van der Waals surface area contributed by atoms with Crippen molar-refractivity contribution < 1.29 is 4.42 Å². The van der Waals surface area contributed by atoms with Crippen molar-refractivity contribution in [2.24, 2.45) is 0 Å². The monoisotopic (exact) mass is 430 g/mol. The molecule has 1 fully saturated rings. The van der Waals surface area contributed by atoms with Crippen LogP contribution in [-0.4, -0.2) is 19.7 Å². The predicted octanol–water partition coefficient (Wildman–Crippen LogP) is 4.54. The van der Waals surface area contributed by atoms with E-state index in [4.69, 9.17) is 10.2 Å². The van der Waals surface area contributed by atoms with Crippen molar-refractivity contribution in [3.63, 3.8) is 0 Å². The van der Waals surface area contributed by atoms with Crippen LogP contribution in [0.25, 0.3) is 22.2 Å². The Hall–Kier alpha value is -3.68. The van der Waals surface area contributed by atoms with E-state index >= 15 is 0 Å². The summed E-state index contributed by atoms with van der Waals surface area (Å²) >= 11 is 0. The summed E-state index contributed by atoms with van der Waals surface area (Å²) in [5.41, 5.74) is 9.36. The number of nitrogens with zero attached hydrogens (tertiary/aromatic N) is 4. The minimum absolute atomic E-state index is 0.0756. The van der Waals surface area contributed by atoms with E-state index in [0.717, 1.165) is 41.3 Å². The van der Waals surface area contributed by atoms with Crippen LogP contribution in [-0.2, 0) is 0 Å². The minimum atomic E-state index is -0.148. The molecule has 0 amide bonds. The van der Waals surface area contributed by atoms with Crippen LogP contribution in [0.5, 0.6) is 0 Å². The molecule has 164 valence electrons. The number of fused-ring (bicyclic) bond motifs is 1. The summed E-state index contributed by atoms with van der Waals surface area (Å²) in [6, 6.07) is 9.92. The second kappa shape index (κ2) is 7.78. The van der Waals surface area contributed by atoms with E-state index in [1.54, 1.807) is 19.2 Å². The summed E-state index contributed by atoms with van der Waals surface area (Å²) in [6.45, 7) is 5.81. The van der Waals surface area contributed by atoms with Gasteiger partial charge in [0.05, 0.1) is 11.4 Å². The number of anilines is 2. The average Bonchev–Trinajstić information content (AvgIpc) is 3.51. The van der Waals surface area contributed by atoms with Crippen LogP contribution in [0.3, 0.4) is 0 Å². The van der Waals surface area contributed by atoms with Gasteiger partial charge in [-0.2, -0.15) is 0 Å². The van der Waals surface area contributed by atoms with Crippen molar-refractivity contribution in [1.29, 1.82) is 0 Å². The van der Waals surface area contributed by atoms with Crippen LogP contribution < -0.4 is 16.6 Å². The molecule has 4 aromatic rings. The van der Waals surface area contributed by atoms with E-state index in [9.17, 15) is 4.79 Å². The Kier molecular flexibility index (Phi) is 4.92. The third kappa shape index (κ3) is 3.41. The van der Waals surface area contributed by atoms with Gasteiger partial charge in [0.1, 0.15) is 11.4 Å². The van der Waals surface area contributed by atoms with Crippen LogP contribution in [0.4, 0.5) is 11.5 Å². The fourth-order valence-corrected chi connectivity index (χ4v) is 4.31. The van der Waals surface area contributed by atoms with Gasteiger partial charge in [-0.15, -0.1) is 10.2 Å². The molecule has 32 heavy (non-hydrogen) atoms. The van der Waals surface area contributed by atoms with E-state index < -0.39 is 0 Å². The molecule has 1 aliphatic carbocycles. The fourth-order valence-electron chi connectivity index (χ4n) is 4.31. The molecule has 3 aromatic heterocycles. The molecular weight excluding hydrogens is 404 g/mol. The molecule has 1 aromatic carbocycles. The lowest BCUT2D eigenvalue weighted by Gasteiger charge is -2.24. The van der Waals surface area contributed by atoms with Gasteiger partial charge in [-0.05, 0) is 49.3 Å². The van der Waals surface area contributed by atoms with Crippen LogP contribution in [0.2, 0.25) is 0 Å². The minimum Gasteiger partial charge on any atom is -0.421 e. The number of hydrogen-bond donors (Lipinski definition) is 2. The fraction of sp³-hybridized carbons (Fsp3) is 0.333. The normalized spacial score (nSPS) is 14.6. The Morgan fingerprint density at radius 2 is 2.06 bits per heavy atom. The van der Waals surface area contributed by atoms with Crippen molar-refractivity contribution >= 4 is 22.3 Å². The third-order valence-electron chi connectivity index (χ3n) is 6.03. The first kappa shape index (κ1) is 20.2. The number of aryl methyl sites for hydroxylation is 2. The number of aromatic nitrogens is 4. The molecule has 8 heteroatoms. The number of pyridine rings is 2. The molecule has 1 atom stereocenters. The highest BCUT2D eigenvalue weighted by Gasteiger charge is 2.30. The molecule has 0 aliphatic heterocycles. The van der Waals surface area contributed by atoms with Gasteiger partial charge in [0.15, 0.2) is 0 Å². The molecular formula is C24H26N6O2. The Morgan fingerprint density at radius 3 is 2.75 bits per heavy atom. The molecule has 0 bridgehead atoms. The zero-order valence-electron chi connectivity index (χ0n) is 18.4. The zero-order chi connectivity index (χ0) is 22.4. The van der Waals surface area contributed by atoms with Crippen LogP contribution in [0.1, 0.15) is 55.4 Å². The standard InChI is InChI=1S/C24H26N6O2/c1-4-18(27-22-21(17(25)10-11-26-22)23-29-28-14(3)32-23)19-12-15-7-5-6-13(2)20(15)24(31)30(19)16-8-9-16/h5-7,10-12,16,18H,4,8-9H2,1-3H3,(H3,25,26,27)/t18-/m0/s1. The molecule has 0 unspecified atom stereocenters. The van der Waals surface area contributed by atoms with Crippen LogP contribution in [0, 0.1) is 13.8 Å². The number of hydrogen-bond acceptors (Lipinski definition) is 7. The summed E-state index contributed by atoms with van der Waals surface area (Å²) < 4.78 is 7.61. The Bertz CT molecular complexity index is 1370. The topological polar surface area (TPSA) is 112 Å². The highest BCUT2D eigenvalue weighted by Crippen LogP contribution is 2.39. The van der Waals surface area contributed by atoms with Crippen molar-refractivity contribution in [2.75, 3.05) is 11.1 Å². The van der Waals surface area contributed by atoms with Gasteiger partial charge in [-0.3, -0.25) is 4.79 Å². The molecule has 0 spiro atoms. The number of nitrogens with two attached hydrogens (primary N) is 1. The number of rotatable bonds is 6. The predicted molar refractivity (Wildman–Crippen MR) is 125 cm³/mol. The van der Waals surface area contributed by atoms with E-state index in [1.807, 2.05) is 29.7 Å². The highest BCUT2D eigenvalue weighted by atomic mass is 16.4. The van der Waals surface area contributed by atoms with E-state index in [2.05, 4.69) is 33.5 Å². The summed E-state index contributed by atoms with van der Waals surface area (Å²) in [5.74, 6) is 1.33. The second-order valence-electron chi connectivity index (χ2n) is 8.37. The lowest BCUT2D eigenvalue weighted by molar-refractivity contribution is 0.532. The van der Waals surface area contributed by atoms with Gasteiger partial charge in [0.25, 0.3) is 11.4 Å². The molecule has 5 rings (SSSR count). The maximum Gasteiger partial charge on any atom is 0.259 e. The van der Waals surface area contributed by atoms with E-state index in [1.165, 1.54) is 0 Å². The van der Waals surface area contributed by atoms with Crippen molar-refractivity contribution in [1.82, 2.24) is 19.7 Å². The zero-order valence-corrected chi connectivity index (χ0v) is 18.4. The summed E-state index contributed by atoms with van der Waals surface area (Å²) in [6.07, 6.45) is 4.44. The van der Waals surface area contributed by atoms with Crippen molar-refractivity contribution in [3.05, 3.63) is 64.0 Å². The van der Waals surface area contributed by atoms with Gasteiger partial charge in [-0.1, -0.05) is 25.1 Å². The quantitative estimate of drug-likeness (QED) is 0.462. The SMILES string of the molecule is CC[C@H](Nc1nccc(N)c1-c1nnc(C)o1)c1cc2cccc(C)c2c(=O)n1C1CC1. The number of benzene rings is 1. The molecule has 3 N–H and O–H groups in total. The number of nitrogen functional groups attached to an aromatic ring is 1. The molecule has 8 nitrogen and oxygen atoms in total. The largest absolute Gasteiger partial charge is 0.421 e. The molecule has 1 saturated carbocycles. The van der Waals surface area contributed by atoms with Gasteiger partial charge in [0.2, 0.25) is 5.89 Å². The third-order valence-corrected chi connectivity index (χ3v) is 6.03. The lowest BCUT2D eigenvalue weighted by Crippen LogP contribution is -2.27. The summed E-state index contributed by atoms with van der Waals surface area (Å²) in [5, 5.41) is 13.3. The van der Waals surface area contributed by atoms with Crippen LogP contribution in [0.15, 0.2) is 45.7 Å². The first-order valence-corrected chi connectivity index (χ1v) is 10.9. The molecule has 3 heterocycles. The maximum absolute atomic E-state index is 13.5. The highest BCUT2D eigenvalue weighted by molar-refractivity contribution is 5.85. The summed E-state index contributed by atoms with van der Waals surface area (Å²) in [4.78, 5) is 18.1. The summed E-state index contributed by atoms with van der Waals surface area (Å²) in [7, 11) is 0. The van der Waals surface area contributed by atoms with E-state index in [-0.39, 0.29) is 17.6 Å². The second-order valence-corrected chi connectivity index (χ2v) is 8.37. The first-order chi connectivity index (χ1) is 15.5. The smallest absolute Gasteiger partial charge is 0.259 e. The van der Waals surface area contributed by atoms with Crippen molar-refractivity contribution in [3.8, 4) is 11.5 Å².